The summed E-state index contributed by atoms with van der Waals surface area (Å²) in [7, 11) is 0. The zero-order valence-corrected chi connectivity index (χ0v) is 9.80. The number of hydrogen-bond donors (Lipinski definition) is 2. The topological polar surface area (TPSA) is 46.2 Å². The van der Waals surface area contributed by atoms with E-state index in [1.807, 2.05) is 0 Å². The monoisotopic (exact) mass is 211 g/mol. The second-order valence-electron chi connectivity index (χ2n) is 5.64. The average Bonchev–Trinajstić information content (AvgIpc) is 2.15. The largest absolute Gasteiger partial charge is 0.389 e. The standard InChI is InChI=1S/C13H25NO/c14-11-12(13(15)9-6-10-13)7-4-2-1-3-5-8-12/h15H,1-11,14H2. The van der Waals surface area contributed by atoms with E-state index in [1.54, 1.807) is 0 Å². The van der Waals surface area contributed by atoms with Gasteiger partial charge in [-0.25, -0.2) is 0 Å². The Bertz CT molecular complexity index is 203. The minimum atomic E-state index is -0.404. The van der Waals surface area contributed by atoms with Gasteiger partial charge >= 0.3 is 0 Å². The molecule has 0 spiro atoms. The van der Waals surface area contributed by atoms with Crippen LogP contribution in [0.2, 0.25) is 0 Å². The van der Waals surface area contributed by atoms with E-state index in [0.717, 1.165) is 25.7 Å². The van der Waals surface area contributed by atoms with Crippen LogP contribution >= 0.6 is 0 Å². The van der Waals surface area contributed by atoms with E-state index in [1.165, 1.54) is 38.5 Å². The van der Waals surface area contributed by atoms with Gasteiger partial charge in [-0.1, -0.05) is 32.1 Å². The molecule has 2 aliphatic rings. The average molecular weight is 211 g/mol. The van der Waals surface area contributed by atoms with Crippen LogP contribution < -0.4 is 5.73 Å². The van der Waals surface area contributed by atoms with Crippen LogP contribution in [0.4, 0.5) is 0 Å². The van der Waals surface area contributed by atoms with Crippen molar-refractivity contribution in [3.05, 3.63) is 0 Å². The zero-order chi connectivity index (χ0) is 10.8. The molecule has 2 aliphatic carbocycles. The summed E-state index contributed by atoms with van der Waals surface area (Å²) >= 11 is 0. The molecule has 0 bridgehead atoms. The fourth-order valence-electron chi connectivity index (χ4n) is 3.48. The highest BCUT2D eigenvalue weighted by atomic mass is 16.3. The van der Waals surface area contributed by atoms with Crippen LogP contribution in [0.3, 0.4) is 0 Å². The molecule has 0 aromatic heterocycles. The molecule has 0 radical (unpaired) electrons. The van der Waals surface area contributed by atoms with Crippen molar-refractivity contribution in [3.8, 4) is 0 Å². The third-order valence-electron chi connectivity index (χ3n) is 4.87. The van der Waals surface area contributed by atoms with E-state index in [2.05, 4.69) is 0 Å². The molecule has 0 atom stereocenters. The van der Waals surface area contributed by atoms with E-state index in [-0.39, 0.29) is 5.41 Å². The van der Waals surface area contributed by atoms with E-state index >= 15 is 0 Å². The SMILES string of the molecule is NCC1(C2(O)CCC2)CCCCCCC1. The highest BCUT2D eigenvalue weighted by molar-refractivity contribution is 5.04. The predicted molar refractivity (Wildman–Crippen MR) is 62.6 cm³/mol. The molecular formula is C13H25NO. The summed E-state index contributed by atoms with van der Waals surface area (Å²) in [5.74, 6) is 0. The molecule has 3 N–H and O–H groups in total. The lowest BCUT2D eigenvalue weighted by molar-refractivity contribution is -0.146. The maximum absolute atomic E-state index is 10.6. The number of aliphatic hydroxyl groups is 1. The van der Waals surface area contributed by atoms with Crippen LogP contribution in [-0.2, 0) is 0 Å². The fourth-order valence-corrected chi connectivity index (χ4v) is 3.48. The summed E-state index contributed by atoms with van der Waals surface area (Å²) in [6.07, 6.45) is 12.0. The molecule has 0 aromatic rings. The van der Waals surface area contributed by atoms with Crippen LogP contribution in [0.15, 0.2) is 0 Å². The Morgan fingerprint density at radius 1 is 0.800 bits per heavy atom. The van der Waals surface area contributed by atoms with Crippen LogP contribution in [0.5, 0.6) is 0 Å². The highest BCUT2D eigenvalue weighted by Crippen LogP contribution is 2.51. The molecule has 0 heterocycles. The smallest absolute Gasteiger partial charge is 0.0715 e. The van der Waals surface area contributed by atoms with Gasteiger partial charge in [0.05, 0.1) is 5.60 Å². The maximum Gasteiger partial charge on any atom is 0.0715 e. The molecule has 0 aliphatic heterocycles. The van der Waals surface area contributed by atoms with Crippen molar-refractivity contribution < 1.29 is 5.11 Å². The molecule has 0 aromatic carbocycles. The van der Waals surface area contributed by atoms with Crippen LogP contribution in [0.25, 0.3) is 0 Å². The second kappa shape index (κ2) is 4.42. The third-order valence-corrected chi connectivity index (χ3v) is 4.87. The Hall–Kier alpha value is -0.0800. The molecule has 2 saturated carbocycles. The summed E-state index contributed by atoms with van der Waals surface area (Å²) in [4.78, 5) is 0. The predicted octanol–water partition coefficient (Wildman–Crippen LogP) is 2.59. The Kier molecular flexibility index (Phi) is 3.36. The lowest BCUT2D eigenvalue weighted by atomic mass is 9.57. The normalized spacial score (nSPS) is 30.0. The van der Waals surface area contributed by atoms with E-state index in [4.69, 9.17) is 5.73 Å². The molecule has 2 fully saturated rings. The van der Waals surface area contributed by atoms with Gasteiger partial charge in [0.25, 0.3) is 0 Å². The molecule has 0 saturated heterocycles. The molecule has 15 heavy (non-hydrogen) atoms. The summed E-state index contributed by atoms with van der Waals surface area (Å²) in [6, 6.07) is 0. The van der Waals surface area contributed by atoms with Gasteiger partial charge in [0.1, 0.15) is 0 Å². The number of rotatable bonds is 2. The van der Waals surface area contributed by atoms with Gasteiger partial charge < -0.3 is 10.8 Å². The van der Waals surface area contributed by atoms with Crippen molar-refractivity contribution in [3.63, 3.8) is 0 Å². The van der Waals surface area contributed by atoms with Gasteiger partial charge in [-0.3, -0.25) is 0 Å². The first kappa shape index (κ1) is 11.4. The van der Waals surface area contributed by atoms with Crippen LogP contribution in [0, 0.1) is 5.41 Å². The van der Waals surface area contributed by atoms with Crippen LogP contribution in [-0.4, -0.2) is 17.3 Å². The molecule has 2 nitrogen and oxygen atoms in total. The van der Waals surface area contributed by atoms with Gasteiger partial charge in [-0.2, -0.15) is 0 Å². The van der Waals surface area contributed by atoms with Gasteiger partial charge in [-0.05, 0) is 32.1 Å². The summed E-state index contributed by atoms with van der Waals surface area (Å²) in [6.45, 7) is 0.684. The molecule has 88 valence electrons. The van der Waals surface area contributed by atoms with Crippen molar-refractivity contribution >= 4 is 0 Å². The van der Waals surface area contributed by atoms with Crippen LogP contribution in [0.1, 0.15) is 64.2 Å². The molecule has 0 unspecified atom stereocenters. The Morgan fingerprint density at radius 3 is 1.73 bits per heavy atom. The first-order valence-electron chi connectivity index (χ1n) is 6.65. The van der Waals surface area contributed by atoms with Crippen molar-refractivity contribution in [2.75, 3.05) is 6.54 Å². The Balaban J connectivity index is 2.09. The molecule has 2 rings (SSSR count). The number of nitrogens with two attached hydrogens (primary N) is 1. The van der Waals surface area contributed by atoms with E-state index in [0.29, 0.717) is 6.54 Å². The molecular weight excluding hydrogens is 186 g/mol. The summed E-state index contributed by atoms with van der Waals surface area (Å²) in [5.41, 5.74) is 5.65. The highest BCUT2D eigenvalue weighted by Gasteiger charge is 2.51. The van der Waals surface area contributed by atoms with E-state index in [9.17, 15) is 5.11 Å². The van der Waals surface area contributed by atoms with Gasteiger partial charge in [0.15, 0.2) is 0 Å². The lowest BCUT2D eigenvalue weighted by Crippen LogP contribution is -2.57. The molecule has 2 heteroatoms. The summed E-state index contributed by atoms with van der Waals surface area (Å²) < 4.78 is 0. The summed E-state index contributed by atoms with van der Waals surface area (Å²) in [5, 5.41) is 10.6. The Labute approximate surface area is 93.2 Å². The van der Waals surface area contributed by atoms with Gasteiger partial charge in [-0.15, -0.1) is 0 Å². The van der Waals surface area contributed by atoms with Crippen molar-refractivity contribution in [1.82, 2.24) is 0 Å². The Morgan fingerprint density at radius 2 is 1.33 bits per heavy atom. The van der Waals surface area contributed by atoms with E-state index < -0.39 is 5.60 Å². The van der Waals surface area contributed by atoms with Crippen molar-refractivity contribution in [2.45, 2.75) is 69.8 Å². The second-order valence-corrected chi connectivity index (χ2v) is 5.64. The first-order chi connectivity index (χ1) is 7.22. The minimum Gasteiger partial charge on any atom is -0.389 e. The van der Waals surface area contributed by atoms with Gasteiger partial charge in [0, 0.05) is 12.0 Å². The lowest BCUT2D eigenvalue weighted by Gasteiger charge is -2.53. The number of hydrogen-bond acceptors (Lipinski definition) is 2. The zero-order valence-electron chi connectivity index (χ0n) is 9.80. The minimum absolute atomic E-state index is 0.0612. The van der Waals surface area contributed by atoms with Gasteiger partial charge in [0.2, 0.25) is 0 Å². The fraction of sp³-hybridized carbons (Fsp3) is 1.00. The first-order valence-corrected chi connectivity index (χ1v) is 6.65. The van der Waals surface area contributed by atoms with Crippen molar-refractivity contribution in [2.24, 2.45) is 11.1 Å². The quantitative estimate of drug-likeness (QED) is 0.737. The third kappa shape index (κ3) is 1.94. The maximum atomic E-state index is 10.6. The van der Waals surface area contributed by atoms with Crippen molar-refractivity contribution in [1.29, 1.82) is 0 Å². The molecule has 0 amide bonds.